The summed E-state index contributed by atoms with van der Waals surface area (Å²) in [5.74, 6) is 1.03. The number of allylic oxidation sites excluding steroid dienone is 1. The van der Waals surface area contributed by atoms with Gasteiger partial charge in [-0.15, -0.1) is 0 Å². The van der Waals surface area contributed by atoms with E-state index in [9.17, 15) is 4.79 Å². The highest BCUT2D eigenvalue weighted by Crippen LogP contribution is 2.15. The minimum Gasteiger partial charge on any atom is -0.468 e. The third-order valence-electron chi connectivity index (χ3n) is 1.67. The van der Waals surface area contributed by atoms with Crippen molar-refractivity contribution in [1.82, 2.24) is 0 Å². The third-order valence-corrected chi connectivity index (χ3v) is 2.34. The van der Waals surface area contributed by atoms with E-state index in [1.54, 1.807) is 32.3 Å². The highest BCUT2D eigenvalue weighted by atomic mass is 32.2. The van der Waals surface area contributed by atoms with Gasteiger partial charge >= 0.3 is 5.97 Å². The van der Waals surface area contributed by atoms with Gasteiger partial charge in [0.1, 0.15) is 5.76 Å². The van der Waals surface area contributed by atoms with Gasteiger partial charge in [0.25, 0.3) is 0 Å². The van der Waals surface area contributed by atoms with Crippen LogP contribution in [0.2, 0.25) is 0 Å². The van der Waals surface area contributed by atoms with Crippen molar-refractivity contribution in [3.8, 4) is 0 Å². The highest BCUT2D eigenvalue weighted by Gasteiger charge is 2.05. The minimum atomic E-state index is -0.302. The van der Waals surface area contributed by atoms with Crippen LogP contribution in [0.4, 0.5) is 0 Å². The zero-order valence-electron chi connectivity index (χ0n) is 8.15. The van der Waals surface area contributed by atoms with Crippen LogP contribution in [0.3, 0.4) is 0 Å². The largest absolute Gasteiger partial charge is 0.468 e. The summed E-state index contributed by atoms with van der Waals surface area (Å²) in [6.07, 6.45) is 3.31. The first-order chi connectivity index (χ1) is 6.74. The molecule has 0 fully saturated rings. The lowest BCUT2D eigenvalue weighted by molar-refractivity contribution is -0.128. The predicted octanol–water partition coefficient (Wildman–Crippen LogP) is 2.94. The normalized spacial score (nSPS) is 11.4. The number of carbonyl (C=O) groups is 1. The molecule has 0 aliphatic rings. The summed E-state index contributed by atoms with van der Waals surface area (Å²) in [5.41, 5.74) is 0.608. The fraction of sp³-hybridized carbons (Fsp3) is 0.300. The van der Waals surface area contributed by atoms with Gasteiger partial charge in [-0.05, 0) is 26.0 Å². The lowest BCUT2D eigenvalue weighted by Crippen LogP contribution is -1.99. The second kappa shape index (κ2) is 5.54. The van der Waals surface area contributed by atoms with Crippen molar-refractivity contribution in [1.29, 1.82) is 0 Å². The van der Waals surface area contributed by atoms with E-state index in [2.05, 4.69) is 0 Å². The van der Waals surface area contributed by atoms with Gasteiger partial charge in [-0.25, -0.2) is 4.79 Å². The highest BCUT2D eigenvalue weighted by molar-refractivity contribution is 7.94. The second-order valence-electron chi connectivity index (χ2n) is 2.68. The van der Waals surface area contributed by atoms with Crippen molar-refractivity contribution >= 4 is 18.0 Å². The summed E-state index contributed by atoms with van der Waals surface area (Å²) < 4.78 is 9.99. The summed E-state index contributed by atoms with van der Waals surface area (Å²) in [4.78, 5) is 11.2. The zero-order chi connectivity index (χ0) is 10.4. The number of rotatable bonds is 4. The van der Waals surface area contributed by atoms with E-state index in [0.29, 0.717) is 11.3 Å². The maximum absolute atomic E-state index is 11.2. The molecule has 0 radical (unpaired) electrons. The molecule has 0 atom stereocenters. The van der Waals surface area contributed by atoms with E-state index in [-0.39, 0.29) is 5.97 Å². The van der Waals surface area contributed by atoms with E-state index in [1.165, 1.54) is 0 Å². The average Bonchev–Trinajstić information content (AvgIpc) is 2.69. The van der Waals surface area contributed by atoms with Crippen LogP contribution in [0.1, 0.15) is 19.6 Å². The Bertz CT molecular complexity index is 314. The van der Waals surface area contributed by atoms with Crippen LogP contribution in [0, 0.1) is 0 Å². The molecule has 0 aliphatic carbocycles. The lowest BCUT2D eigenvalue weighted by atomic mass is 10.3. The first kappa shape index (κ1) is 10.9. The van der Waals surface area contributed by atoms with E-state index in [1.807, 2.05) is 6.07 Å². The molecule has 0 bridgehead atoms. The number of hydrogen-bond donors (Lipinski definition) is 0. The Hall–Kier alpha value is -1.16. The third kappa shape index (κ3) is 3.30. The fourth-order valence-electron chi connectivity index (χ4n) is 0.719. The van der Waals surface area contributed by atoms with Crippen LogP contribution in [0.5, 0.6) is 0 Å². The van der Waals surface area contributed by atoms with Gasteiger partial charge in [-0.1, -0.05) is 6.08 Å². The van der Waals surface area contributed by atoms with Crippen LogP contribution in [-0.4, -0.2) is 5.97 Å². The molecule has 0 saturated carbocycles. The Morgan fingerprint density at radius 3 is 3.07 bits per heavy atom. The molecule has 1 heterocycles. The summed E-state index contributed by atoms with van der Waals surface area (Å²) in [6.45, 7) is 3.52. The van der Waals surface area contributed by atoms with Gasteiger partial charge in [0, 0.05) is 5.57 Å². The van der Waals surface area contributed by atoms with Crippen molar-refractivity contribution in [2.24, 2.45) is 0 Å². The molecule has 1 aromatic rings. The first-order valence-electron chi connectivity index (χ1n) is 4.23. The van der Waals surface area contributed by atoms with Gasteiger partial charge in [-0.3, -0.25) is 0 Å². The van der Waals surface area contributed by atoms with Gasteiger partial charge in [0.05, 0.1) is 24.1 Å². The Morgan fingerprint density at radius 1 is 1.71 bits per heavy atom. The Balaban J connectivity index is 2.25. The summed E-state index contributed by atoms with van der Waals surface area (Å²) in [5, 5.41) is 0. The number of carbonyl (C=O) groups excluding carboxylic acids is 1. The molecule has 0 unspecified atom stereocenters. The monoisotopic (exact) mass is 212 g/mol. The minimum absolute atomic E-state index is 0.302. The smallest absolute Gasteiger partial charge is 0.345 e. The van der Waals surface area contributed by atoms with Crippen molar-refractivity contribution in [2.75, 3.05) is 0 Å². The molecule has 1 aromatic heterocycles. The van der Waals surface area contributed by atoms with Crippen LogP contribution in [0.25, 0.3) is 0 Å². The Kier molecular flexibility index (Phi) is 4.32. The van der Waals surface area contributed by atoms with E-state index >= 15 is 0 Å². The molecule has 0 saturated heterocycles. The van der Waals surface area contributed by atoms with Gasteiger partial charge in [-0.2, -0.15) is 0 Å². The fourth-order valence-corrected chi connectivity index (χ4v) is 1.30. The number of hydrogen-bond acceptors (Lipinski definition) is 4. The van der Waals surface area contributed by atoms with Gasteiger partial charge < -0.3 is 8.60 Å². The molecular formula is C10H12O3S. The van der Waals surface area contributed by atoms with Crippen molar-refractivity contribution in [3.05, 3.63) is 35.8 Å². The van der Waals surface area contributed by atoms with Gasteiger partial charge in [0.15, 0.2) is 0 Å². The Morgan fingerprint density at radius 2 is 2.50 bits per heavy atom. The molecule has 0 spiro atoms. The average molecular weight is 212 g/mol. The van der Waals surface area contributed by atoms with E-state index < -0.39 is 0 Å². The molecule has 0 N–H and O–H groups in total. The predicted molar refractivity (Wildman–Crippen MR) is 55.5 cm³/mol. The molecule has 14 heavy (non-hydrogen) atoms. The van der Waals surface area contributed by atoms with Crippen LogP contribution < -0.4 is 0 Å². The SMILES string of the molecule is C/C=C(\C)C(=O)OSCc1ccco1. The molecule has 0 aromatic carbocycles. The zero-order valence-corrected chi connectivity index (χ0v) is 8.97. The topological polar surface area (TPSA) is 39.4 Å². The molecule has 0 aliphatic heterocycles. The lowest BCUT2D eigenvalue weighted by Gasteiger charge is -2.00. The van der Waals surface area contributed by atoms with Crippen LogP contribution in [-0.2, 0) is 14.7 Å². The quantitative estimate of drug-likeness (QED) is 0.568. The van der Waals surface area contributed by atoms with Gasteiger partial charge in [0.2, 0.25) is 0 Å². The van der Waals surface area contributed by atoms with E-state index in [4.69, 9.17) is 8.60 Å². The first-order valence-corrected chi connectivity index (χ1v) is 5.14. The maximum Gasteiger partial charge on any atom is 0.345 e. The second-order valence-corrected chi connectivity index (χ2v) is 3.38. The van der Waals surface area contributed by atoms with E-state index in [0.717, 1.165) is 17.8 Å². The molecule has 4 heteroatoms. The Labute approximate surface area is 87.3 Å². The summed E-state index contributed by atoms with van der Waals surface area (Å²) in [7, 11) is 0. The molecule has 3 nitrogen and oxygen atoms in total. The maximum atomic E-state index is 11.2. The van der Waals surface area contributed by atoms with Crippen molar-refractivity contribution in [2.45, 2.75) is 19.6 Å². The van der Waals surface area contributed by atoms with Crippen LogP contribution >= 0.6 is 12.0 Å². The number of furan rings is 1. The molecule has 0 amide bonds. The summed E-state index contributed by atoms with van der Waals surface area (Å²) >= 11 is 1.08. The molecule has 76 valence electrons. The summed E-state index contributed by atoms with van der Waals surface area (Å²) in [6, 6.07) is 3.64. The standard InChI is InChI=1S/C10H12O3S/c1-3-8(2)10(11)13-14-7-9-5-4-6-12-9/h3-6H,7H2,1-2H3/b8-3+. The van der Waals surface area contributed by atoms with Crippen molar-refractivity contribution < 1.29 is 13.4 Å². The van der Waals surface area contributed by atoms with Crippen molar-refractivity contribution in [3.63, 3.8) is 0 Å². The molecular weight excluding hydrogens is 200 g/mol. The molecule has 1 rings (SSSR count). The van der Waals surface area contributed by atoms with Crippen LogP contribution in [0.15, 0.2) is 34.5 Å².